The lowest BCUT2D eigenvalue weighted by Crippen LogP contribution is -2.42. The average molecular weight is 266 g/mol. The minimum absolute atomic E-state index is 0.328. The lowest BCUT2D eigenvalue weighted by atomic mass is 9.81. The van der Waals surface area contributed by atoms with Crippen molar-refractivity contribution in [2.45, 2.75) is 39.0 Å². The van der Waals surface area contributed by atoms with Crippen molar-refractivity contribution in [2.24, 2.45) is 17.8 Å². The number of nitrogens with zero attached hydrogens (tertiary/aromatic N) is 2. The Bertz CT molecular complexity index is 295. The van der Waals surface area contributed by atoms with E-state index in [0.717, 1.165) is 37.6 Å². The monoisotopic (exact) mass is 266 g/mol. The van der Waals surface area contributed by atoms with Crippen molar-refractivity contribution in [1.29, 1.82) is 0 Å². The van der Waals surface area contributed by atoms with Crippen molar-refractivity contribution < 1.29 is 4.79 Å². The summed E-state index contributed by atoms with van der Waals surface area (Å²) in [5, 5.41) is 0. The SMILES string of the molecule is CC1CCC(=O)C(CN2CCC(CN(C)C)CC2)C1. The molecule has 1 saturated heterocycles. The highest BCUT2D eigenvalue weighted by Gasteiger charge is 2.29. The smallest absolute Gasteiger partial charge is 0.137 e. The van der Waals surface area contributed by atoms with Crippen LogP contribution in [0.3, 0.4) is 0 Å². The lowest BCUT2D eigenvalue weighted by molar-refractivity contribution is -0.126. The molecule has 2 unspecified atom stereocenters. The van der Waals surface area contributed by atoms with E-state index in [2.05, 4.69) is 30.8 Å². The summed E-state index contributed by atoms with van der Waals surface area (Å²) in [6, 6.07) is 0. The molecule has 0 spiro atoms. The first-order chi connectivity index (χ1) is 9.04. The van der Waals surface area contributed by atoms with Crippen molar-refractivity contribution in [3.8, 4) is 0 Å². The van der Waals surface area contributed by atoms with E-state index < -0.39 is 0 Å². The Labute approximate surface area is 118 Å². The molecule has 0 radical (unpaired) electrons. The molecule has 1 heterocycles. The molecule has 0 aromatic carbocycles. The minimum Gasteiger partial charge on any atom is -0.309 e. The van der Waals surface area contributed by atoms with E-state index in [0.29, 0.717) is 11.7 Å². The van der Waals surface area contributed by atoms with Crippen LogP contribution in [0.15, 0.2) is 0 Å². The van der Waals surface area contributed by atoms with Gasteiger partial charge in [-0.15, -0.1) is 0 Å². The van der Waals surface area contributed by atoms with Crippen LogP contribution in [0.25, 0.3) is 0 Å². The van der Waals surface area contributed by atoms with Crippen LogP contribution in [0.1, 0.15) is 39.0 Å². The first-order valence-corrected chi connectivity index (χ1v) is 7.94. The molecule has 110 valence electrons. The summed E-state index contributed by atoms with van der Waals surface area (Å²) in [6.07, 6.45) is 5.66. The lowest BCUT2D eigenvalue weighted by Gasteiger charge is -2.36. The number of piperidine rings is 1. The Balaban J connectivity index is 1.74. The van der Waals surface area contributed by atoms with Crippen LogP contribution < -0.4 is 0 Å². The molecular weight excluding hydrogens is 236 g/mol. The minimum atomic E-state index is 0.328. The molecule has 0 aromatic heterocycles. The van der Waals surface area contributed by atoms with Crippen LogP contribution in [0.5, 0.6) is 0 Å². The number of rotatable bonds is 4. The van der Waals surface area contributed by atoms with Crippen molar-refractivity contribution in [1.82, 2.24) is 9.80 Å². The highest BCUT2D eigenvalue weighted by atomic mass is 16.1. The first-order valence-electron chi connectivity index (χ1n) is 7.94. The van der Waals surface area contributed by atoms with Crippen molar-refractivity contribution in [2.75, 3.05) is 40.3 Å². The molecule has 3 heteroatoms. The largest absolute Gasteiger partial charge is 0.309 e. The maximum Gasteiger partial charge on any atom is 0.137 e. The number of hydrogen-bond donors (Lipinski definition) is 0. The Morgan fingerprint density at radius 1 is 1.21 bits per heavy atom. The van der Waals surface area contributed by atoms with E-state index in [9.17, 15) is 4.79 Å². The normalized spacial score (nSPS) is 31.1. The fourth-order valence-electron chi connectivity index (χ4n) is 3.68. The van der Waals surface area contributed by atoms with E-state index in [4.69, 9.17) is 0 Å². The number of carbonyl (C=O) groups excluding carboxylic acids is 1. The van der Waals surface area contributed by atoms with E-state index in [1.165, 1.54) is 32.5 Å². The van der Waals surface area contributed by atoms with E-state index >= 15 is 0 Å². The first kappa shape index (κ1) is 15.0. The molecule has 0 aromatic rings. The summed E-state index contributed by atoms with van der Waals surface area (Å²) in [6.45, 7) is 6.92. The van der Waals surface area contributed by atoms with E-state index in [1.54, 1.807) is 0 Å². The van der Waals surface area contributed by atoms with Crippen molar-refractivity contribution in [3.05, 3.63) is 0 Å². The molecule has 1 aliphatic carbocycles. The maximum atomic E-state index is 12.0. The molecule has 0 amide bonds. The number of Topliss-reactive ketones (excluding diaryl/α,β-unsaturated/α-hetero) is 1. The Morgan fingerprint density at radius 3 is 2.53 bits per heavy atom. The standard InChI is InChI=1S/C16H30N2O/c1-13-4-5-16(19)15(10-13)12-18-8-6-14(7-9-18)11-17(2)3/h13-15H,4-12H2,1-3H3. The van der Waals surface area contributed by atoms with Gasteiger partial charge in [0, 0.05) is 25.4 Å². The van der Waals surface area contributed by atoms with Crippen molar-refractivity contribution >= 4 is 5.78 Å². The molecule has 3 nitrogen and oxygen atoms in total. The summed E-state index contributed by atoms with van der Waals surface area (Å²) in [5.41, 5.74) is 0. The Kier molecular flexibility index (Phi) is 5.40. The Hall–Kier alpha value is -0.410. The number of hydrogen-bond acceptors (Lipinski definition) is 3. The van der Waals surface area contributed by atoms with E-state index in [-0.39, 0.29) is 0 Å². The third-order valence-electron chi connectivity index (χ3n) is 4.83. The van der Waals surface area contributed by atoms with Crippen LogP contribution >= 0.6 is 0 Å². The maximum absolute atomic E-state index is 12.0. The fourth-order valence-corrected chi connectivity index (χ4v) is 3.68. The highest BCUT2D eigenvalue weighted by molar-refractivity contribution is 5.81. The zero-order chi connectivity index (χ0) is 13.8. The van der Waals surface area contributed by atoms with Gasteiger partial charge in [-0.2, -0.15) is 0 Å². The van der Waals surface area contributed by atoms with Gasteiger partial charge in [0.05, 0.1) is 0 Å². The average Bonchev–Trinajstić information content (AvgIpc) is 2.35. The van der Waals surface area contributed by atoms with Gasteiger partial charge in [0.15, 0.2) is 0 Å². The molecule has 2 aliphatic rings. The number of carbonyl (C=O) groups is 1. The van der Waals surface area contributed by atoms with Crippen molar-refractivity contribution in [3.63, 3.8) is 0 Å². The summed E-state index contributed by atoms with van der Waals surface area (Å²) in [4.78, 5) is 16.8. The second-order valence-electron chi connectivity index (χ2n) is 7.05. The van der Waals surface area contributed by atoms with Gasteiger partial charge in [-0.1, -0.05) is 6.92 Å². The predicted molar refractivity (Wildman–Crippen MR) is 79.2 cm³/mol. The highest BCUT2D eigenvalue weighted by Crippen LogP contribution is 2.28. The van der Waals surface area contributed by atoms with Gasteiger partial charge in [0.25, 0.3) is 0 Å². The van der Waals surface area contributed by atoms with Crippen LogP contribution in [-0.4, -0.2) is 55.9 Å². The van der Waals surface area contributed by atoms with Crippen LogP contribution in [-0.2, 0) is 4.79 Å². The summed E-state index contributed by atoms with van der Waals surface area (Å²) in [7, 11) is 4.32. The molecule has 1 saturated carbocycles. The van der Waals surface area contributed by atoms with Crippen LogP contribution in [0.4, 0.5) is 0 Å². The third-order valence-corrected chi connectivity index (χ3v) is 4.83. The topological polar surface area (TPSA) is 23.6 Å². The zero-order valence-corrected chi connectivity index (χ0v) is 12.9. The second kappa shape index (κ2) is 6.85. The molecule has 2 atom stereocenters. The molecular formula is C16H30N2O. The van der Waals surface area contributed by atoms with Gasteiger partial charge >= 0.3 is 0 Å². The summed E-state index contributed by atoms with van der Waals surface area (Å²) in [5.74, 6) is 2.45. The Morgan fingerprint density at radius 2 is 1.89 bits per heavy atom. The zero-order valence-electron chi connectivity index (χ0n) is 12.9. The molecule has 2 rings (SSSR count). The summed E-state index contributed by atoms with van der Waals surface area (Å²) >= 11 is 0. The van der Waals surface area contributed by atoms with E-state index in [1.807, 2.05) is 0 Å². The van der Waals surface area contributed by atoms with Gasteiger partial charge in [-0.3, -0.25) is 4.79 Å². The predicted octanol–water partition coefficient (Wildman–Crippen LogP) is 2.27. The quantitative estimate of drug-likeness (QED) is 0.780. The van der Waals surface area contributed by atoms with Gasteiger partial charge in [-0.05, 0) is 64.7 Å². The third kappa shape index (κ3) is 4.57. The fraction of sp³-hybridized carbons (Fsp3) is 0.938. The van der Waals surface area contributed by atoms with Gasteiger partial charge < -0.3 is 9.80 Å². The molecule has 0 bridgehead atoms. The van der Waals surface area contributed by atoms with Gasteiger partial charge in [-0.25, -0.2) is 0 Å². The molecule has 1 aliphatic heterocycles. The molecule has 2 fully saturated rings. The molecule has 19 heavy (non-hydrogen) atoms. The van der Waals surface area contributed by atoms with Gasteiger partial charge in [0.1, 0.15) is 5.78 Å². The summed E-state index contributed by atoms with van der Waals surface area (Å²) < 4.78 is 0. The number of likely N-dealkylation sites (tertiary alicyclic amines) is 1. The molecule has 0 N–H and O–H groups in total. The van der Waals surface area contributed by atoms with Crippen LogP contribution in [0.2, 0.25) is 0 Å². The van der Waals surface area contributed by atoms with Crippen LogP contribution in [0, 0.1) is 17.8 Å². The van der Waals surface area contributed by atoms with Gasteiger partial charge in [0.2, 0.25) is 0 Å². The number of ketones is 1. The second-order valence-corrected chi connectivity index (χ2v) is 7.05.